The highest BCUT2D eigenvalue weighted by atomic mass is 127. The molecule has 0 saturated heterocycles. The molecule has 4 rings (SSSR count). The Bertz CT molecular complexity index is 873. The summed E-state index contributed by atoms with van der Waals surface area (Å²) in [6, 6.07) is 28.6. The second kappa shape index (κ2) is 5.97. The van der Waals surface area contributed by atoms with E-state index in [0.717, 1.165) is 0 Å². The lowest BCUT2D eigenvalue weighted by Gasteiger charge is -2.18. The van der Waals surface area contributed by atoms with Gasteiger partial charge in [-0.25, -0.2) is 0 Å². The van der Waals surface area contributed by atoms with Gasteiger partial charge < -0.3 is 0 Å². The fourth-order valence-electron chi connectivity index (χ4n) is 3.39. The maximum Gasteiger partial charge on any atom is 0.0362 e. The van der Waals surface area contributed by atoms with Crippen molar-refractivity contribution in [3.05, 3.63) is 107 Å². The van der Waals surface area contributed by atoms with E-state index in [4.69, 9.17) is 0 Å². The van der Waals surface area contributed by atoms with Crippen molar-refractivity contribution in [2.45, 2.75) is 12.8 Å². The first-order valence-corrected chi connectivity index (χ1v) is 8.94. The van der Waals surface area contributed by atoms with E-state index in [-0.39, 0.29) is 0 Å². The summed E-state index contributed by atoms with van der Waals surface area (Å²) in [7, 11) is 0. The zero-order valence-corrected chi connectivity index (χ0v) is 15.1. The molecule has 0 bridgehead atoms. The van der Waals surface area contributed by atoms with Crippen LogP contribution >= 0.6 is 22.6 Å². The number of rotatable bonds is 2. The molecule has 1 unspecified atom stereocenters. The summed E-state index contributed by atoms with van der Waals surface area (Å²) < 4.78 is 1.37. The molecule has 0 radical (unpaired) electrons. The monoisotopic (exact) mass is 408 g/mol. The van der Waals surface area contributed by atoms with Crippen molar-refractivity contribution in [3.63, 3.8) is 0 Å². The first-order valence-electron chi connectivity index (χ1n) is 7.86. The third-order valence-electron chi connectivity index (χ3n) is 4.53. The largest absolute Gasteiger partial charge is 0.0622 e. The Balaban J connectivity index is 1.95. The topological polar surface area (TPSA) is 0 Å². The second-order valence-corrected chi connectivity index (χ2v) is 7.10. The highest BCUT2D eigenvalue weighted by molar-refractivity contribution is 14.1. The molecule has 0 heterocycles. The van der Waals surface area contributed by atoms with Crippen LogP contribution < -0.4 is 0 Å². The fraction of sp³-hybridized carbons (Fsp3) is 0.0909. The number of fused-ring (bicyclic) bond motifs is 1. The fourth-order valence-corrected chi connectivity index (χ4v) is 4.51. The van der Waals surface area contributed by atoms with E-state index in [1.54, 1.807) is 0 Å². The number of benzene rings is 3. The Morgan fingerprint density at radius 3 is 2.13 bits per heavy atom. The van der Waals surface area contributed by atoms with Crippen LogP contribution in [0.3, 0.4) is 0 Å². The van der Waals surface area contributed by atoms with Crippen LogP contribution in [0.5, 0.6) is 0 Å². The maximum absolute atomic E-state index is 2.52. The summed E-state index contributed by atoms with van der Waals surface area (Å²) in [6.45, 7) is 2.14. The Morgan fingerprint density at radius 1 is 0.739 bits per heavy atom. The Morgan fingerprint density at radius 2 is 1.39 bits per heavy atom. The van der Waals surface area contributed by atoms with Crippen LogP contribution in [0.25, 0.3) is 9.15 Å². The van der Waals surface area contributed by atoms with Crippen molar-refractivity contribution in [1.29, 1.82) is 0 Å². The predicted octanol–water partition coefficient (Wildman–Crippen LogP) is 6.44. The van der Waals surface area contributed by atoms with Crippen LogP contribution in [0, 0.1) is 6.92 Å². The van der Waals surface area contributed by atoms with Crippen LogP contribution in [0.15, 0.2) is 78.9 Å². The van der Waals surface area contributed by atoms with Gasteiger partial charge in [0.2, 0.25) is 0 Å². The Hall–Kier alpha value is -1.87. The summed E-state index contributed by atoms with van der Waals surface area (Å²) in [5.74, 6) is 0.320. The van der Waals surface area contributed by atoms with Gasteiger partial charge in [0.15, 0.2) is 0 Å². The molecule has 0 aliphatic heterocycles. The number of halogens is 1. The van der Waals surface area contributed by atoms with Crippen LogP contribution in [-0.4, -0.2) is 0 Å². The van der Waals surface area contributed by atoms with E-state index < -0.39 is 0 Å². The van der Waals surface area contributed by atoms with Gasteiger partial charge in [-0.3, -0.25) is 0 Å². The summed E-state index contributed by atoms with van der Waals surface area (Å²) in [4.78, 5) is 0. The molecule has 0 nitrogen and oxygen atoms in total. The van der Waals surface area contributed by atoms with Crippen molar-refractivity contribution >= 4 is 31.7 Å². The molecule has 0 aromatic heterocycles. The van der Waals surface area contributed by atoms with E-state index in [1.807, 2.05) is 0 Å². The first-order chi connectivity index (χ1) is 11.3. The molecule has 23 heavy (non-hydrogen) atoms. The van der Waals surface area contributed by atoms with Gasteiger partial charge in [-0.15, -0.1) is 0 Å². The number of hydrogen-bond acceptors (Lipinski definition) is 0. The average Bonchev–Trinajstić information content (AvgIpc) is 2.90. The molecule has 1 aliphatic carbocycles. The number of aryl methyl sites for hydroxylation is 1. The Kier molecular flexibility index (Phi) is 3.82. The Labute approximate surface area is 151 Å². The smallest absolute Gasteiger partial charge is 0.0362 e. The summed E-state index contributed by atoms with van der Waals surface area (Å²) in [5.41, 5.74) is 8.21. The molecule has 0 spiro atoms. The summed E-state index contributed by atoms with van der Waals surface area (Å²) >= 11 is 2.52. The summed E-state index contributed by atoms with van der Waals surface area (Å²) in [5, 5.41) is 0. The van der Waals surface area contributed by atoms with Crippen LogP contribution in [0.2, 0.25) is 0 Å². The quantitative estimate of drug-likeness (QED) is 0.428. The molecule has 0 N–H and O–H groups in total. The molecule has 1 heteroatoms. The van der Waals surface area contributed by atoms with E-state index in [0.29, 0.717) is 5.92 Å². The lowest BCUT2D eigenvalue weighted by molar-refractivity contribution is 1.06. The number of allylic oxidation sites excluding steroid dienone is 1. The molecule has 3 aromatic rings. The first kappa shape index (κ1) is 14.7. The molecule has 1 atom stereocenters. The molecule has 3 aromatic carbocycles. The molecule has 0 amide bonds. The molecule has 1 aliphatic rings. The predicted molar refractivity (Wildman–Crippen MR) is 107 cm³/mol. The van der Waals surface area contributed by atoms with Gasteiger partial charge >= 0.3 is 0 Å². The van der Waals surface area contributed by atoms with Gasteiger partial charge in [-0.2, -0.15) is 0 Å². The molecule has 112 valence electrons. The van der Waals surface area contributed by atoms with Crippen molar-refractivity contribution in [2.24, 2.45) is 0 Å². The SMILES string of the molecule is Cc1ccc(C2C(c3ccccc3)=C(I)c3ccccc32)cc1. The van der Waals surface area contributed by atoms with Gasteiger partial charge in [0, 0.05) is 9.50 Å². The van der Waals surface area contributed by atoms with E-state index >= 15 is 0 Å². The molecular formula is C22H17I. The minimum Gasteiger partial charge on any atom is -0.0622 e. The van der Waals surface area contributed by atoms with Crippen molar-refractivity contribution in [2.75, 3.05) is 0 Å². The third kappa shape index (κ3) is 2.53. The van der Waals surface area contributed by atoms with Crippen LogP contribution in [0.4, 0.5) is 0 Å². The lowest BCUT2D eigenvalue weighted by atomic mass is 9.85. The van der Waals surface area contributed by atoms with Gasteiger partial charge in [-0.1, -0.05) is 84.4 Å². The standard InChI is InChI=1S/C22H17I/c1-15-11-13-17(14-12-15)20-18-9-5-6-10-19(18)22(23)21(20)16-7-3-2-4-8-16/h2-14,20H,1H3. The maximum atomic E-state index is 2.52. The normalized spacial score (nSPS) is 16.5. The minimum atomic E-state index is 0.320. The second-order valence-electron chi connectivity index (χ2n) is 6.02. The average molecular weight is 408 g/mol. The zero-order chi connectivity index (χ0) is 15.8. The highest BCUT2D eigenvalue weighted by Crippen LogP contribution is 2.52. The highest BCUT2D eigenvalue weighted by Gasteiger charge is 2.31. The summed E-state index contributed by atoms with van der Waals surface area (Å²) in [6.07, 6.45) is 0. The van der Waals surface area contributed by atoms with Gasteiger partial charge in [0.1, 0.15) is 0 Å². The van der Waals surface area contributed by atoms with E-state index in [9.17, 15) is 0 Å². The van der Waals surface area contributed by atoms with Crippen molar-refractivity contribution < 1.29 is 0 Å². The molecule has 0 fully saturated rings. The van der Waals surface area contributed by atoms with E-state index in [2.05, 4.69) is 108 Å². The zero-order valence-electron chi connectivity index (χ0n) is 13.0. The van der Waals surface area contributed by atoms with Gasteiger partial charge in [0.25, 0.3) is 0 Å². The van der Waals surface area contributed by atoms with Gasteiger partial charge in [0.05, 0.1) is 0 Å². The van der Waals surface area contributed by atoms with Crippen molar-refractivity contribution in [3.8, 4) is 0 Å². The lowest BCUT2D eigenvalue weighted by Crippen LogP contribution is -2.01. The third-order valence-corrected chi connectivity index (χ3v) is 5.69. The van der Waals surface area contributed by atoms with Crippen LogP contribution in [-0.2, 0) is 0 Å². The minimum absolute atomic E-state index is 0.320. The number of hydrogen-bond donors (Lipinski definition) is 0. The van der Waals surface area contributed by atoms with Gasteiger partial charge in [-0.05, 0) is 57.3 Å². The molecular weight excluding hydrogens is 391 g/mol. The van der Waals surface area contributed by atoms with Crippen LogP contribution in [0.1, 0.15) is 33.7 Å². The van der Waals surface area contributed by atoms with Crippen molar-refractivity contribution in [1.82, 2.24) is 0 Å². The van der Waals surface area contributed by atoms with E-state index in [1.165, 1.54) is 37.0 Å². The molecule has 0 saturated carbocycles.